The molecule has 4 rings (SSSR count). The van der Waals surface area contributed by atoms with Gasteiger partial charge in [0.25, 0.3) is 15.9 Å². The van der Waals surface area contributed by atoms with Crippen molar-refractivity contribution in [3.8, 4) is 5.75 Å². The van der Waals surface area contributed by atoms with Crippen LogP contribution in [0.4, 0.5) is 5.69 Å². The highest BCUT2D eigenvalue weighted by molar-refractivity contribution is 7.92. The van der Waals surface area contributed by atoms with Crippen molar-refractivity contribution < 1.29 is 26.4 Å². The number of hydrogen-bond donors (Lipinski definition) is 2. The number of carbonyl (C=O) groups is 1. The molecule has 3 aromatic carbocycles. The van der Waals surface area contributed by atoms with Crippen LogP contribution in [0.1, 0.15) is 18.4 Å². The molecule has 0 bridgehead atoms. The lowest BCUT2D eigenvalue weighted by Gasteiger charge is -2.15. The van der Waals surface area contributed by atoms with Gasteiger partial charge in [-0.25, -0.2) is 16.8 Å². The van der Waals surface area contributed by atoms with Gasteiger partial charge in [-0.05, 0) is 67.3 Å². The molecule has 1 heterocycles. The average Bonchev–Trinajstić information content (AvgIpc) is 3.45. The molecular formula is C26H28ClN3O6S2. The molecule has 1 saturated heterocycles. The Hall–Kier alpha value is -3.12. The van der Waals surface area contributed by atoms with E-state index in [9.17, 15) is 21.6 Å². The van der Waals surface area contributed by atoms with Crippen molar-refractivity contribution in [3.63, 3.8) is 0 Å². The average molecular weight is 578 g/mol. The Morgan fingerprint density at radius 2 is 1.55 bits per heavy atom. The number of carbonyl (C=O) groups excluding carboxylic acids is 1. The van der Waals surface area contributed by atoms with Crippen molar-refractivity contribution >= 4 is 43.2 Å². The number of hydrogen-bond acceptors (Lipinski definition) is 6. The molecule has 0 radical (unpaired) electrons. The summed E-state index contributed by atoms with van der Waals surface area (Å²) in [7, 11) is -7.30. The Bertz CT molecular complexity index is 1480. The summed E-state index contributed by atoms with van der Waals surface area (Å²) in [6, 6.07) is 19.1. The van der Waals surface area contributed by atoms with Crippen LogP contribution in [0.2, 0.25) is 5.02 Å². The lowest BCUT2D eigenvalue weighted by atomic mass is 10.1. The van der Waals surface area contributed by atoms with Crippen LogP contribution in [0.3, 0.4) is 0 Å². The number of para-hydroxylation sites is 1. The van der Waals surface area contributed by atoms with E-state index in [1.54, 1.807) is 54.6 Å². The summed E-state index contributed by atoms with van der Waals surface area (Å²) >= 11 is 6.20. The van der Waals surface area contributed by atoms with Crippen molar-refractivity contribution in [1.82, 2.24) is 9.62 Å². The van der Waals surface area contributed by atoms with E-state index in [-0.39, 0.29) is 33.1 Å². The summed E-state index contributed by atoms with van der Waals surface area (Å²) in [5.74, 6) is -0.202. The Kier molecular flexibility index (Phi) is 8.93. The maximum absolute atomic E-state index is 12.6. The molecule has 12 heteroatoms. The molecule has 9 nitrogen and oxygen atoms in total. The molecule has 202 valence electrons. The molecule has 2 N–H and O–H groups in total. The van der Waals surface area contributed by atoms with Gasteiger partial charge in [0.05, 0.1) is 14.8 Å². The number of nitrogens with zero attached hydrogens (tertiary/aromatic N) is 1. The molecule has 0 unspecified atom stereocenters. The molecule has 1 aliphatic heterocycles. The van der Waals surface area contributed by atoms with Crippen molar-refractivity contribution in [1.29, 1.82) is 0 Å². The molecule has 1 aliphatic rings. The van der Waals surface area contributed by atoms with Crippen molar-refractivity contribution in [3.05, 3.63) is 83.4 Å². The van der Waals surface area contributed by atoms with Crippen LogP contribution in [0.15, 0.2) is 82.6 Å². The molecule has 0 atom stereocenters. The highest BCUT2D eigenvalue weighted by Crippen LogP contribution is 2.28. The maximum Gasteiger partial charge on any atom is 0.261 e. The predicted molar refractivity (Wildman–Crippen MR) is 145 cm³/mol. The van der Waals surface area contributed by atoms with E-state index in [0.29, 0.717) is 31.7 Å². The zero-order valence-electron chi connectivity index (χ0n) is 20.5. The molecule has 38 heavy (non-hydrogen) atoms. The van der Waals surface area contributed by atoms with Gasteiger partial charge in [0, 0.05) is 25.3 Å². The van der Waals surface area contributed by atoms with Crippen LogP contribution in [-0.4, -0.2) is 53.3 Å². The van der Waals surface area contributed by atoms with Gasteiger partial charge >= 0.3 is 0 Å². The normalized spacial score (nSPS) is 14.2. The largest absolute Gasteiger partial charge is 0.482 e. The molecule has 0 saturated carbocycles. The Labute approximate surface area is 227 Å². The second-order valence-corrected chi connectivity index (χ2v) is 12.7. The maximum atomic E-state index is 12.6. The lowest BCUT2D eigenvalue weighted by Crippen LogP contribution is -2.30. The van der Waals surface area contributed by atoms with E-state index in [0.717, 1.165) is 18.4 Å². The standard InChI is InChI=1S/C26H28ClN3O6S2/c27-24-18-23(37(32,33)29-21-6-2-1-3-7-21)12-13-25(24)36-19-26(31)28-15-14-20-8-10-22(11-9-20)38(34,35)30-16-4-5-17-30/h1-3,6-13,18,29H,4-5,14-17,19H2,(H,28,31). The topological polar surface area (TPSA) is 122 Å². The first-order chi connectivity index (χ1) is 18.1. The second-order valence-electron chi connectivity index (χ2n) is 8.71. The fourth-order valence-corrected chi connectivity index (χ4v) is 6.83. The first-order valence-corrected chi connectivity index (χ1v) is 15.3. The van der Waals surface area contributed by atoms with Gasteiger partial charge in [-0.2, -0.15) is 4.31 Å². The number of nitrogens with one attached hydrogen (secondary N) is 2. The quantitative estimate of drug-likeness (QED) is 0.359. The van der Waals surface area contributed by atoms with Crippen LogP contribution in [0, 0.1) is 0 Å². The number of sulfonamides is 2. The zero-order valence-corrected chi connectivity index (χ0v) is 22.9. The number of rotatable bonds is 11. The summed E-state index contributed by atoms with van der Waals surface area (Å²) in [5, 5.41) is 2.79. The van der Waals surface area contributed by atoms with Gasteiger partial charge in [-0.1, -0.05) is 41.9 Å². The summed E-state index contributed by atoms with van der Waals surface area (Å²) in [6.07, 6.45) is 2.27. The number of halogens is 1. The van der Waals surface area contributed by atoms with Crippen molar-refractivity contribution in [2.45, 2.75) is 29.1 Å². The van der Waals surface area contributed by atoms with E-state index in [1.807, 2.05) is 0 Å². The fourth-order valence-electron chi connectivity index (χ4n) is 3.93. The third kappa shape index (κ3) is 7.04. The van der Waals surface area contributed by atoms with E-state index < -0.39 is 20.0 Å². The van der Waals surface area contributed by atoms with Crippen LogP contribution >= 0.6 is 11.6 Å². The molecule has 1 amide bonds. The zero-order chi connectivity index (χ0) is 27.2. The Morgan fingerprint density at radius 3 is 2.21 bits per heavy atom. The lowest BCUT2D eigenvalue weighted by molar-refractivity contribution is -0.123. The third-order valence-electron chi connectivity index (χ3n) is 5.96. The molecular weight excluding hydrogens is 550 g/mol. The van der Waals surface area contributed by atoms with E-state index in [1.165, 1.54) is 22.5 Å². The smallest absolute Gasteiger partial charge is 0.261 e. The summed E-state index contributed by atoms with van der Waals surface area (Å²) in [4.78, 5) is 12.4. The van der Waals surface area contributed by atoms with Crippen molar-refractivity contribution in [2.75, 3.05) is 31.0 Å². The number of anilines is 1. The minimum absolute atomic E-state index is 0.0394. The van der Waals surface area contributed by atoms with Gasteiger partial charge in [0.2, 0.25) is 10.0 Å². The molecule has 0 aliphatic carbocycles. The van der Waals surface area contributed by atoms with Crippen LogP contribution in [0.25, 0.3) is 0 Å². The summed E-state index contributed by atoms with van der Waals surface area (Å²) < 4.78 is 59.8. The predicted octanol–water partition coefficient (Wildman–Crippen LogP) is 3.66. The SMILES string of the molecule is O=C(COc1ccc(S(=O)(=O)Nc2ccccc2)cc1Cl)NCCc1ccc(S(=O)(=O)N2CCCC2)cc1. The Balaban J connectivity index is 1.24. The van der Waals surface area contributed by atoms with Crippen LogP contribution < -0.4 is 14.8 Å². The fraction of sp³-hybridized carbons (Fsp3) is 0.269. The summed E-state index contributed by atoms with van der Waals surface area (Å²) in [6.45, 7) is 1.13. The molecule has 0 spiro atoms. The van der Waals surface area contributed by atoms with Crippen LogP contribution in [0.5, 0.6) is 5.75 Å². The van der Waals surface area contributed by atoms with Crippen molar-refractivity contribution in [2.24, 2.45) is 0 Å². The van der Waals surface area contributed by atoms with Crippen LogP contribution in [-0.2, 0) is 31.3 Å². The monoisotopic (exact) mass is 577 g/mol. The first-order valence-electron chi connectivity index (χ1n) is 12.0. The minimum atomic E-state index is -3.84. The van der Waals surface area contributed by atoms with E-state index >= 15 is 0 Å². The van der Waals surface area contributed by atoms with Gasteiger partial charge < -0.3 is 10.1 Å². The molecule has 3 aromatic rings. The van der Waals surface area contributed by atoms with Gasteiger partial charge in [-0.3, -0.25) is 9.52 Å². The van der Waals surface area contributed by atoms with Gasteiger partial charge in [-0.15, -0.1) is 0 Å². The van der Waals surface area contributed by atoms with E-state index in [2.05, 4.69) is 10.0 Å². The molecule has 0 aromatic heterocycles. The highest BCUT2D eigenvalue weighted by atomic mass is 35.5. The first kappa shape index (κ1) is 27.9. The number of benzene rings is 3. The third-order valence-corrected chi connectivity index (χ3v) is 9.55. The summed E-state index contributed by atoms with van der Waals surface area (Å²) in [5.41, 5.74) is 1.30. The van der Waals surface area contributed by atoms with Gasteiger partial charge in [0.1, 0.15) is 5.75 Å². The van der Waals surface area contributed by atoms with Gasteiger partial charge in [0.15, 0.2) is 6.61 Å². The number of amides is 1. The highest BCUT2D eigenvalue weighted by Gasteiger charge is 2.26. The van der Waals surface area contributed by atoms with E-state index in [4.69, 9.17) is 16.3 Å². The Morgan fingerprint density at radius 1 is 0.895 bits per heavy atom. The minimum Gasteiger partial charge on any atom is -0.482 e. The molecule has 1 fully saturated rings. The second kappa shape index (κ2) is 12.2. The number of ether oxygens (including phenoxy) is 1.